The molecule has 122 valence electrons. The topological polar surface area (TPSA) is 53.0 Å². The number of aliphatic hydroxyl groups excluding tert-OH is 1. The van der Waals surface area contributed by atoms with Crippen molar-refractivity contribution in [1.29, 1.82) is 0 Å². The number of likely N-dealkylation sites (tertiary alicyclic amines) is 1. The van der Waals surface area contributed by atoms with E-state index in [1.807, 2.05) is 11.9 Å². The lowest BCUT2D eigenvalue weighted by atomic mass is 9.86. The molecule has 0 aromatic rings. The van der Waals surface area contributed by atoms with Crippen LogP contribution in [-0.2, 0) is 9.53 Å². The van der Waals surface area contributed by atoms with Crippen LogP contribution in [0.4, 0.5) is 0 Å². The minimum absolute atomic E-state index is 0.129. The van der Waals surface area contributed by atoms with E-state index in [-0.39, 0.29) is 17.9 Å². The van der Waals surface area contributed by atoms with Crippen molar-refractivity contribution in [3.05, 3.63) is 0 Å². The summed E-state index contributed by atoms with van der Waals surface area (Å²) in [6.45, 7) is 4.83. The van der Waals surface area contributed by atoms with Gasteiger partial charge in [0.05, 0.1) is 12.7 Å². The van der Waals surface area contributed by atoms with Gasteiger partial charge in [-0.1, -0.05) is 0 Å². The van der Waals surface area contributed by atoms with E-state index in [0.29, 0.717) is 5.92 Å². The first-order valence-corrected chi connectivity index (χ1v) is 8.24. The molecule has 1 saturated carbocycles. The average Bonchev–Trinajstić information content (AvgIpc) is 2.92. The zero-order chi connectivity index (χ0) is 15.2. The number of methoxy groups -OCH3 is 1. The van der Waals surface area contributed by atoms with E-state index in [2.05, 4.69) is 4.90 Å². The molecule has 1 heterocycles. The van der Waals surface area contributed by atoms with Gasteiger partial charge in [-0.2, -0.15) is 0 Å². The fourth-order valence-electron chi connectivity index (χ4n) is 3.60. The van der Waals surface area contributed by atoms with Crippen LogP contribution in [0, 0.1) is 11.8 Å². The molecule has 1 unspecified atom stereocenters. The van der Waals surface area contributed by atoms with Crippen LogP contribution < -0.4 is 0 Å². The molecule has 1 N–H and O–H groups in total. The van der Waals surface area contributed by atoms with Gasteiger partial charge in [-0.25, -0.2) is 0 Å². The Hall–Kier alpha value is -0.650. The SMILES string of the molecule is COCCN1CCC(CN(C)C(=O)C2CCC(O)CC2)C1. The summed E-state index contributed by atoms with van der Waals surface area (Å²) < 4.78 is 5.12. The molecule has 0 spiro atoms. The van der Waals surface area contributed by atoms with Crippen molar-refractivity contribution in [3.63, 3.8) is 0 Å². The van der Waals surface area contributed by atoms with Gasteiger partial charge < -0.3 is 19.6 Å². The number of nitrogens with zero attached hydrogens (tertiary/aromatic N) is 2. The molecule has 1 aliphatic heterocycles. The number of amides is 1. The van der Waals surface area contributed by atoms with Crippen LogP contribution in [0.3, 0.4) is 0 Å². The normalized spacial score (nSPS) is 30.5. The maximum Gasteiger partial charge on any atom is 0.225 e. The Bertz CT molecular complexity index is 329. The molecule has 1 aliphatic carbocycles. The van der Waals surface area contributed by atoms with E-state index in [9.17, 15) is 9.90 Å². The van der Waals surface area contributed by atoms with E-state index in [1.54, 1.807) is 7.11 Å². The Balaban J connectivity index is 1.71. The van der Waals surface area contributed by atoms with E-state index in [0.717, 1.165) is 58.5 Å². The standard InChI is InChI=1S/C16H30N2O3/c1-17(16(20)14-3-5-15(19)6-4-14)11-13-7-8-18(12-13)9-10-21-2/h13-15,19H,3-12H2,1-2H3. The average molecular weight is 298 g/mol. The van der Waals surface area contributed by atoms with Gasteiger partial charge in [0.15, 0.2) is 0 Å². The number of rotatable bonds is 6. The van der Waals surface area contributed by atoms with Crippen LogP contribution >= 0.6 is 0 Å². The molecule has 2 aliphatic rings. The lowest BCUT2D eigenvalue weighted by Crippen LogP contribution is -2.39. The minimum atomic E-state index is -0.191. The first kappa shape index (κ1) is 16.7. The summed E-state index contributed by atoms with van der Waals surface area (Å²) in [7, 11) is 3.67. The van der Waals surface area contributed by atoms with Crippen molar-refractivity contribution in [2.45, 2.75) is 38.2 Å². The number of hydrogen-bond acceptors (Lipinski definition) is 4. The first-order valence-electron chi connectivity index (χ1n) is 8.24. The highest BCUT2D eigenvalue weighted by Gasteiger charge is 2.30. The molecular weight excluding hydrogens is 268 g/mol. The Morgan fingerprint density at radius 1 is 1.29 bits per heavy atom. The predicted octanol–water partition coefficient (Wildman–Crippen LogP) is 0.964. The van der Waals surface area contributed by atoms with E-state index in [4.69, 9.17) is 4.74 Å². The Kier molecular flexibility index (Phi) is 6.45. The molecular formula is C16H30N2O3. The second-order valence-corrected chi connectivity index (χ2v) is 6.67. The minimum Gasteiger partial charge on any atom is -0.393 e. The van der Waals surface area contributed by atoms with Gasteiger partial charge in [0, 0.05) is 39.7 Å². The first-order chi connectivity index (χ1) is 10.1. The molecule has 0 aromatic heterocycles. The highest BCUT2D eigenvalue weighted by Crippen LogP contribution is 2.26. The van der Waals surface area contributed by atoms with E-state index >= 15 is 0 Å². The maximum atomic E-state index is 12.5. The van der Waals surface area contributed by atoms with E-state index < -0.39 is 0 Å². The number of carbonyl (C=O) groups excluding carboxylic acids is 1. The lowest BCUT2D eigenvalue weighted by molar-refractivity contribution is -0.136. The fourth-order valence-corrected chi connectivity index (χ4v) is 3.60. The quantitative estimate of drug-likeness (QED) is 0.794. The third kappa shape index (κ3) is 4.94. The van der Waals surface area contributed by atoms with Gasteiger partial charge in [-0.3, -0.25) is 4.79 Å². The molecule has 2 fully saturated rings. The second-order valence-electron chi connectivity index (χ2n) is 6.67. The van der Waals surface area contributed by atoms with Crippen molar-refractivity contribution in [1.82, 2.24) is 9.80 Å². The largest absolute Gasteiger partial charge is 0.393 e. The van der Waals surface area contributed by atoms with Crippen LogP contribution in [-0.4, -0.2) is 73.9 Å². The summed E-state index contributed by atoms with van der Waals surface area (Å²) in [6, 6.07) is 0. The van der Waals surface area contributed by atoms with Gasteiger partial charge >= 0.3 is 0 Å². The summed E-state index contributed by atoms with van der Waals surface area (Å²) in [5.74, 6) is 0.992. The monoisotopic (exact) mass is 298 g/mol. The lowest BCUT2D eigenvalue weighted by Gasteiger charge is -2.29. The molecule has 1 saturated heterocycles. The number of hydrogen-bond donors (Lipinski definition) is 1. The van der Waals surface area contributed by atoms with Crippen LogP contribution in [0.1, 0.15) is 32.1 Å². The molecule has 5 nitrogen and oxygen atoms in total. The Labute approximate surface area is 128 Å². The molecule has 2 rings (SSSR count). The second kappa shape index (κ2) is 8.11. The van der Waals surface area contributed by atoms with E-state index in [1.165, 1.54) is 6.42 Å². The van der Waals surface area contributed by atoms with Crippen molar-refractivity contribution < 1.29 is 14.6 Å². The van der Waals surface area contributed by atoms with Crippen LogP contribution in [0.15, 0.2) is 0 Å². The maximum absolute atomic E-state index is 12.5. The molecule has 5 heteroatoms. The molecule has 21 heavy (non-hydrogen) atoms. The van der Waals surface area contributed by atoms with Gasteiger partial charge in [0.25, 0.3) is 0 Å². The fraction of sp³-hybridized carbons (Fsp3) is 0.938. The van der Waals surface area contributed by atoms with Gasteiger partial charge in [-0.05, 0) is 44.6 Å². The third-order valence-corrected chi connectivity index (χ3v) is 4.94. The molecule has 0 radical (unpaired) electrons. The highest BCUT2D eigenvalue weighted by molar-refractivity contribution is 5.78. The van der Waals surface area contributed by atoms with Crippen LogP contribution in [0.2, 0.25) is 0 Å². The molecule has 1 atom stereocenters. The van der Waals surface area contributed by atoms with Gasteiger partial charge in [0.1, 0.15) is 0 Å². The van der Waals surface area contributed by atoms with Crippen molar-refractivity contribution in [3.8, 4) is 0 Å². The summed E-state index contributed by atoms with van der Waals surface area (Å²) >= 11 is 0. The highest BCUT2D eigenvalue weighted by atomic mass is 16.5. The van der Waals surface area contributed by atoms with Crippen molar-refractivity contribution in [2.75, 3.05) is 46.9 Å². The number of aliphatic hydroxyl groups is 1. The third-order valence-electron chi connectivity index (χ3n) is 4.94. The number of carbonyl (C=O) groups is 1. The van der Waals surface area contributed by atoms with Crippen LogP contribution in [0.5, 0.6) is 0 Å². The van der Waals surface area contributed by atoms with Gasteiger partial charge in [-0.15, -0.1) is 0 Å². The zero-order valence-electron chi connectivity index (χ0n) is 13.5. The Morgan fingerprint density at radius 3 is 2.67 bits per heavy atom. The summed E-state index contributed by atoms with van der Waals surface area (Å²) in [4.78, 5) is 16.8. The molecule has 0 bridgehead atoms. The zero-order valence-corrected chi connectivity index (χ0v) is 13.5. The summed E-state index contributed by atoms with van der Waals surface area (Å²) in [6.07, 6.45) is 4.22. The van der Waals surface area contributed by atoms with Gasteiger partial charge in [0.2, 0.25) is 5.91 Å². The molecule has 1 amide bonds. The number of ether oxygens (including phenoxy) is 1. The van der Waals surface area contributed by atoms with Crippen molar-refractivity contribution in [2.24, 2.45) is 11.8 Å². The van der Waals surface area contributed by atoms with Crippen LogP contribution in [0.25, 0.3) is 0 Å². The summed E-state index contributed by atoms with van der Waals surface area (Å²) in [5.41, 5.74) is 0. The Morgan fingerprint density at radius 2 is 2.00 bits per heavy atom. The van der Waals surface area contributed by atoms with Crippen molar-refractivity contribution >= 4 is 5.91 Å². The predicted molar refractivity (Wildman–Crippen MR) is 82.0 cm³/mol. The molecule has 0 aromatic carbocycles. The smallest absolute Gasteiger partial charge is 0.225 e. The summed E-state index contributed by atoms with van der Waals surface area (Å²) in [5, 5.41) is 9.54.